The minimum absolute atomic E-state index is 0.135. The van der Waals surface area contributed by atoms with Gasteiger partial charge in [-0.3, -0.25) is 4.18 Å². The molecule has 0 spiro atoms. The number of hydrogen-bond donors (Lipinski definition) is 0. The lowest BCUT2D eigenvalue weighted by atomic mass is 10.8. The van der Waals surface area contributed by atoms with Crippen molar-refractivity contribution in [1.29, 1.82) is 0 Å². The van der Waals surface area contributed by atoms with Crippen LogP contribution in [0.3, 0.4) is 0 Å². The number of rotatable bonds is 7. The van der Waals surface area contributed by atoms with Crippen molar-refractivity contribution in [3.05, 3.63) is 0 Å². The normalized spacial score (nSPS) is 11.8. The molecule has 0 radical (unpaired) electrons. The summed E-state index contributed by atoms with van der Waals surface area (Å²) in [6.45, 7) is 2.37. The first-order chi connectivity index (χ1) is 5.62. The number of hydrogen-bond acceptors (Lipinski definition) is 5. The first-order valence-corrected chi connectivity index (χ1v) is 5.14. The fourth-order valence-corrected chi connectivity index (χ4v) is 1.27. The monoisotopic (exact) mass is 198 g/mol. The average Bonchev–Trinajstić information content (AvgIpc) is 1.98. The summed E-state index contributed by atoms with van der Waals surface area (Å²) in [5.41, 5.74) is 0. The van der Waals surface area contributed by atoms with E-state index in [-0.39, 0.29) is 13.2 Å². The van der Waals surface area contributed by atoms with Crippen LogP contribution in [-0.4, -0.2) is 41.3 Å². The molecule has 0 aromatic heterocycles. The molecule has 0 bridgehead atoms. The number of ether oxygens (including phenoxy) is 2. The molecule has 0 aromatic rings. The van der Waals surface area contributed by atoms with Crippen LogP contribution in [0.15, 0.2) is 0 Å². The lowest BCUT2D eigenvalue weighted by Gasteiger charge is -2.03. The van der Waals surface area contributed by atoms with E-state index in [0.29, 0.717) is 6.61 Å². The van der Waals surface area contributed by atoms with Crippen molar-refractivity contribution in [3.8, 4) is 0 Å². The molecular weight excluding hydrogens is 184 g/mol. The Balaban J connectivity index is 3.48. The highest BCUT2D eigenvalue weighted by molar-refractivity contribution is 7.86. The molecule has 0 saturated heterocycles. The summed E-state index contributed by atoms with van der Waals surface area (Å²) < 4.78 is 35.4. The third-order valence-electron chi connectivity index (χ3n) is 0.957. The van der Waals surface area contributed by atoms with Crippen LogP contribution in [0.5, 0.6) is 0 Å². The van der Waals surface area contributed by atoms with E-state index < -0.39 is 16.1 Å². The fourth-order valence-electron chi connectivity index (χ4n) is 0.517. The molecule has 0 heterocycles. The molecule has 0 saturated carbocycles. The van der Waals surface area contributed by atoms with E-state index in [4.69, 9.17) is 4.74 Å². The Hall–Kier alpha value is -0.170. The van der Waals surface area contributed by atoms with E-state index >= 15 is 0 Å². The van der Waals surface area contributed by atoms with Crippen molar-refractivity contribution in [2.24, 2.45) is 0 Å². The van der Waals surface area contributed by atoms with Crippen LogP contribution in [-0.2, 0) is 23.8 Å². The number of methoxy groups -OCH3 is 1. The lowest BCUT2D eigenvalue weighted by Crippen LogP contribution is -2.15. The average molecular weight is 198 g/mol. The molecular formula is C6H14O5S. The molecule has 6 heteroatoms. The highest BCUT2D eigenvalue weighted by Crippen LogP contribution is 1.93. The maximum Gasteiger partial charge on any atom is 0.291 e. The van der Waals surface area contributed by atoms with Gasteiger partial charge in [-0.2, -0.15) is 8.42 Å². The Labute approximate surface area is 72.7 Å². The van der Waals surface area contributed by atoms with E-state index in [0.717, 1.165) is 0 Å². The van der Waals surface area contributed by atoms with Crippen LogP contribution in [0.4, 0.5) is 0 Å². The van der Waals surface area contributed by atoms with E-state index in [1.54, 1.807) is 6.92 Å². The molecule has 5 nitrogen and oxygen atoms in total. The summed E-state index contributed by atoms with van der Waals surface area (Å²) in [6, 6.07) is 0. The summed E-state index contributed by atoms with van der Waals surface area (Å²) in [5.74, 6) is -0.413. The van der Waals surface area contributed by atoms with Crippen LogP contribution in [0.1, 0.15) is 6.92 Å². The van der Waals surface area contributed by atoms with Gasteiger partial charge in [-0.25, -0.2) is 0 Å². The van der Waals surface area contributed by atoms with Gasteiger partial charge in [-0.1, -0.05) is 0 Å². The molecule has 0 aliphatic heterocycles. The van der Waals surface area contributed by atoms with Crippen molar-refractivity contribution in [2.75, 3.05) is 32.9 Å². The summed E-state index contributed by atoms with van der Waals surface area (Å²) >= 11 is 0. The molecule has 0 aliphatic rings. The predicted molar refractivity (Wildman–Crippen MR) is 43.2 cm³/mol. The van der Waals surface area contributed by atoms with Gasteiger partial charge in [0.15, 0.2) is 5.94 Å². The lowest BCUT2D eigenvalue weighted by molar-refractivity contribution is 0.0891. The van der Waals surface area contributed by atoms with Crippen LogP contribution in [0, 0.1) is 0 Å². The van der Waals surface area contributed by atoms with Gasteiger partial charge in [-0.15, -0.1) is 0 Å². The smallest absolute Gasteiger partial charge is 0.291 e. The van der Waals surface area contributed by atoms with Crippen molar-refractivity contribution >= 4 is 10.1 Å². The first kappa shape index (κ1) is 11.8. The van der Waals surface area contributed by atoms with Crippen LogP contribution < -0.4 is 0 Å². The maximum atomic E-state index is 10.8. The maximum absolute atomic E-state index is 10.8. The Morgan fingerprint density at radius 1 is 1.25 bits per heavy atom. The standard InChI is InChI=1S/C6H14O5S/c1-3-11-12(7,8)6-10-5-4-9-2/h3-6H2,1-2H3. The highest BCUT2D eigenvalue weighted by Gasteiger charge is 2.08. The molecule has 0 unspecified atom stereocenters. The van der Waals surface area contributed by atoms with Crippen LogP contribution in [0.2, 0.25) is 0 Å². The van der Waals surface area contributed by atoms with Gasteiger partial charge >= 0.3 is 0 Å². The molecule has 0 aliphatic carbocycles. The van der Waals surface area contributed by atoms with Gasteiger partial charge in [-0.05, 0) is 6.92 Å². The SMILES string of the molecule is CCOS(=O)(=O)COCCOC. The third-order valence-corrected chi connectivity index (χ3v) is 2.01. The summed E-state index contributed by atoms with van der Waals surface area (Å²) in [7, 11) is -1.98. The summed E-state index contributed by atoms with van der Waals surface area (Å²) in [4.78, 5) is 0. The molecule has 0 aromatic carbocycles. The first-order valence-electron chi connectivity index (χ1n) is 3.56. The van der Waals surface area contributed by atoms with Crippen molar-refractivity contribution in [2.45, 2.75) is 6.92 Å². The fraction of sp³-hybridized carbons (Fsp3) is 1.00. The summed E-state index contributed by atoms with van der Waals surface area (Å²) in [6.07, 6.45) is 0. The zero-order chi connectivity index (χ0) is 9.45. The Morgan fingerprint density at radius 2 is 1.92 bits per heavy atom. The van der Waals surface area contributed by atoms with Gasteiger partial charge in [0.2, 0.25) is 0 Å². The second-order valence-corrected chi connectivity index (χ2v) is 3.57. The minimum Gasteiger partial charge on any atom is -0.382 e. The Kier molecular flexibility index (Phi) is 6.27. The Bertz CT molecular complexity index is 186. The van der Waals surface area contributed by atoms with Gasteiger partial charge in [0.1, 0.15) is 0 Å². The van der Waals surface area contributed by atoms with Gasteiger partial charge in [0, 0.05) is 7.11 Å². The highest BCUT2D eigenvalue weighted by atomic mass is 32.2. The van der Waals surface area contributed by atoms with Crippen molar-refractivity contribution in [3.63, 3.8) is 0 Å². The zero-order valence-corrected chi connectivity index (χ0v) is 8.09. The summed E-state index contributed by atoms with van der Waals surface area (Å²) in [5, 5.41) is 0. The molecule has 74 valence electrons. The van der Waals surface area contributed by atoms with E-state index in [1.807, 2.05) is 0 Å². The third kappa shape index (κ3) is 6.53. The quantitative estimate of drug-likeness (QED) is 0.425. The predicted octanol–water partition coefficient (Wildman–Crippen LogP) is -0.0268. The largest absolute Gasteiger partial charge is 0.382 e. The van der Waals surface area contributed by atoms with Gasteiger partial charge < -0.3 is 9.47 Å². The van der Waals surface area contributed by atoms with Crippen molar-refractivity contribution < 1.29 is 22.1 Å². The van der Waals surface area contributed by atoms with Gasteiger partial charge in [0.25, 0.3) is 10.1 Å². The zero-order valence-electron chi connectivity index (χ0n) is 7.28. The topological polar surface area (TPSA) is 61.8 Å². The molecule has 0 N–H and O–H groups in total. The van der Waals surface area contributed by atoms with Gasteiger partial charge in [0.05, 0.1) is 19.8 Å². The molecule has 0 amide bonds. The second kappa shape index (κ2) is 6.36. The van der Waals surface area contributed by atoms with Crippen LogP contribution in [0.25, 0.3) is 0 Å². The molecule has 0 rings (SSSR count). The second-order valence-electron chi connectivity index (χ2n) is 1.98. The van der Waals surface area contributed by atoms with Crippen molar-refractivity contribution in [1.82, 2.24) is 0 Å². The van der Waals surface area contributed by atoms with E-state index in [1.165, 1.54) is 7.11 Å². The molecule has 12 heavy (non-hydrogen) atoms. The molecule has 0 fully saturated rings. The van der Waals surface area contributed by atoms with Crippen LogP contribution >= 0.6 is 0 Å². The van der Waals surface area contributed by atoms with E-state index in [2.05, 4.69) is 8.92 Å². The minimum atomic E-state index is -3.49. The Morgan fingerprint density at radius 3 is 2.42 bits per heavy atom. The van der Waals surface area contributed by atoms with E-state index in [9.17, 15) is 8.42 Å². The molecule has 0 atom stereocenters.